The van der Waals surface area contributed by atoms with Gasteiger partial charge in [0.05, 0.1) is 0 Å². The quantitative estimate of drug-likeness (QED) is 0.364. The molecule has 0 fully saturated rings. The Kier molecular flexibility index (Phi) is 4.32. The standard InChI is InChI=1S/C6H9ClNO/c1-2-5(3-8)6(7)4-9/h3-4,6,8H,2H2,1H3/t6-/m1/s1. The summed E-state index contributed by atoms with van der Waals surface area (Å²) in [4.78, 5) is 10.0. The van der Waals surface area contributed by atoms with Crippen LogP contribution in [0.3, 0.4) is 0 Å². The van der Waals surface area contributed by atoms with E-state index in [1.54, 1.807) is 0 Å². The van der Waals surface area contributed by atoms with E-state index in [0.717, 1.165) is 6.21 Å². The van der Waals surface area contributed by atoms with Crippen molar-refractivity contribution in [3.63, 3.8) is 0 Å². The van der Waals surface area contributed by atoms with Gasteiger partial charge in [0, 0.05) is 12.1 Å². The molecule has 51 valence electrons. The minimum Gasteiger partial charge on any atom is -0.312 e. The molecule has 1 atom stereocenters. The Labute approximate surface area is 59.7 Å². The van der Waals surface area contributed by atoms with Crippen LogP contribution in [-0.4, -0.2) is 17.9 Å². The lowest BCUT2D eigenvalue weighted by Gasteiger charge is -2.06. The first-order chi connectivity index (χ1) is 4.26. The van der Waals surface area contributed by atoms with E-state index in [-0.39, 0.29) is 0 Å². The van der Waals surface area contributed by atoms with Crippen molar-refractivity contribution in [3.05, 3.63) is 5.92 Å². The molecule has 0 unspecified atom stereocenters. The summed E-state index contributed by atoms with van der Waals surface area (Å²) >= 11 is 5.48. The lowest BCUT2D eigenvalue weighted by atomic mass is 10.1. The molecule has 0 aromatic carbocycles. The number of carbonyl (C=O) groups excluding carboxylic acids is 1. The minimum absolute atomic E-state index is 0.604. The largest absolute Gasteiger partial charge is 0.312 e. The lowest BCUT2D eigenvalue weighted by molar-refractivity contribution is -0.107. The van der Waals surface area contributed by atoms with Crippen LogP contribution in [0.2, 0.25) is 0 Å². The van der Waals surface area contributed by atoms with Crippen LogP contribution in [0, 0.1) is 11.3 Å². The van der Waals surface area contributed by atoms with Gasteiger partial charge in [-0.2, -0.15) is 0 Å². The molecule has 0 saturated heterocycles. The highest BCUT2D eigenvalue weighted by Crippen LogP contribution is 2.11. The van der Waals surface area contributed by atoms with Crippen LogP contribution in [0.4, 0.5) is 0 Å². The molecule has 0 saturated carbocycles. The fraction of sp³-hybridized carbons (Fsp3) is 0.500. The first-order valence-electron chi connectivity index (χ1n) is 2.71. The second-order valence-electron chi connectivity index (χ2n) is 1.61. The van der Waals surface area contributed by atoms with Crippen molar-refractivity contribution in [2.24, 2.45) is 0 Å². The predicted octanol–water partition coefficient (Wildman–Crippen LogP) is 1.43. The maximum atomic E-state index is 10.0. The summed E-state index contributed by atoms with van der Waals surface area (Å²) in [7, 11) is 0. The van der Waals surface area contributed by atoms with Crippen molar-refractivity contribution in [2.75, 3.05) is 0 Å². The zero-order valence-corrected chi connectivity index (χ0v) is 5.98. The van der Waals surface area contributed by atoms with Crippen molar-refractivity contribution in [3.8, 4) is 0 Å². The second-order valence-corrected chi connectivity index (χ2v) is 2.08. The molecule has 3 heteroatoms. The lowest BCUT2D eigenvalue weighted by Crippen LogP contribution is -2.13. The third-order valence-corrected chi connectivity index (χ3v) is 1.45. The van der Waals surface area contributed by atoms with Gasteiger partial charge < -0.3 is 10.2 Å². The number of aldehydes is 1. The number of carbonyl (C=O) groups is 1. The van der Waals surface area contributed by atoms with E-state index in [4.69, 9.17) is 17.0 Å². The third kappa shape index (κ3) is 2.61. The summed E-state index contributed by atoms with van der Waals surface area (Å²) in [5.74, 6) is 0.659. The number of halogens is 1. The molecule has 0 aromatic heterocycles. The van der Waals surface area contributed by atoms with Gasteiger partial charge in [-0.05, 0) is 6.42 Å². The Bertz CT molecular complexity index is 105. The van der Waals surface area contributed by atoms with Gasteiger partial charge in [0.25, 0.3) is 0 Å². The van der Waals surface area contributed by atoms with Gasteiger partial charge in [-0.25, -0.2) is 0 Å². The highest BCUT2D eigenvalue weighted by Gasteiger charge is 2.13. The Morgan fingerprint density at radius 3 is 2.56 bits per heavy atom. The molecule has 0 aliphatic heterocycles. The van der Waals surface area contributed by atoms with E-state index in [9.17, 15) is 4.79 Å². The van der Waals surface area contributed by atoms with Crippen LogP contribution < -0.4 is 0 Å². The van der Waals surface area contributed by atoms with Crippen molar-refractivity contribution in [2.45, 2.75) is 18.7 Å². The average Bonchev–Trinajstić information content (AvgIpc) is 1.90. The predicted molar refractivity (Wildman–Crippen MR) is 38.0 cm³/mol. The van der Waals surface area contributed by atoms with Crippen LogP contribution in [0.25, 0.3) is 0 Å². The van der Waals surface area contributed by atoms with Crippen LogP contribution in [0.1, 0.15) is 13.3 Å². The molecule has 9 heavy (non-hydrogen) atoms. The smallest absolute Gasteiger partial charge is 0.138 e. The fourth-order valence-electron chi connectivity index (χ4n) is 0.464. The molecule has 1 radical (unpaired) electrons. The van der Waals surface area contributed by atoms with Gasteiger partial charge in [-0.1, -0.05) is 6.92 Å². The summed E-state index contributed by atoms with van der Waals surface area (Å²) in [5.41, 5.74) is 0. The third-order valence-electron chi connectivity index (χ3n) is 1.07. The molecule has 0 amide bonds. The van der Waals surface area contributed by atoms with Crippen LogP contribution >= 0.6 is 11.6 Å². The van der Waals surface area contributed by atoms with E-state index < -0.39 is 5.38 Å². The maximum Gasteiger partial charge on any atom is 0.138 e. The zero-order valence-electron chi connectivity index (χ0n) is 5.23. The average molecular weight is 147 g/mol. The number of nitrogens with one attached hydrogen (secondary N) is 1. The molecular formula is C6H9ClNO. The Morgan fingerprint density at radius 2 is 2.44 bits per heavy atom. The number of rotatable bonds is 4. The van der Waals surface area contributed by atoms with Crippen molar-refractivity contribution in [1.29, 1.82) is 5.41 Å². The van der Waals surface area contributed by atoms with E-state index in [2.05, 4.69) is 0 Å². The number of alkyl halides is 1. The van der Waals surface area contributed by atoms with Gasteiger partial charge in [0.1, 0.15) is 11.7 Å². The van der Waals surface area contributed by atoms with Gasteiger partial charge in [-0.15, -0.1) is 11.6 Å². The fourth-order valence-corrected chi connectivity index (χ4v) is 0.681. The Balaban J connectivity index is 3.77. The van der Waals surface area contributed by atoms with Gasteiger partial charge in [-0.3, -0.25) is 0 Å². The summed E-state index contributed by atoms with van der Waals surface area (Å²) in [5, 5.41) is 6.18. The van der Waals surface area contributed by atoms with Crippen molar-refractivity contribution in [1.82, 2.24) is 0 Å². The molecule has 0 rings (SSSR count). The zero-order chi connectivity index (χ0) is 7.28. The van der Waals surface area contributed by atoms with Gasteiger partial charge >= 0.3 is 0 Å². The second kappa shape index (κ2) is 4.50. The van der Waals surface area contributed by atoms with E-state index in [1.807, 2.05) is 6.92 Å². The summed E-state index contributed by atoms with van der Waals surface area (Å²) in [6, 6.07) is 0. The number of hydrogen-bond acceptors (Lipinski definition) is 2. The van der Waals surface area contributed by atoms with Crippen molar-refractivity contribution >= 4 is 24.1 Å². The van der Waals surface area contributed by atoms with Crippen molar-refractivity contribution < 1.29 is 4.79 Å². The summed E-state index contributed by atoms with van der Waals surface area (Å²) < 4.78 is 0. The van der Waals surface area contributed by atoms with E-state index >= 15 is 0 Å². The molecule has 0 aromatic rings. The van der Waals surface area contributed by atoms with Gasteiger partial charge in [0.15, 0.2) is 0 Å². The summed E-state index contributed by atoms with van der Waals surface area (Å²) in [6.45, 7) is 1.86. The minimum atomic E-state index is -0.604. The van der Waals surface area contributed by atoms with E-state index in [0.29, 0.717) is 18.6 Å². The molecule has 0 aliphatic carbocycles. The molecule has 0 spiro atoms. The highest BCUT2D eigenvalue weighted by molar-refractivity contribution is 6.30. The SMILES string of the molecule is CC[C](C=N)[C@H](Cl)C=O. The maximum absolute atomic E-state index is 10.0. The molecule has 0 aliphatic rings. The molecular weight excluding hydrogens is 138 g/mol. The summed E-state index contributed by atoms with van der Waals surface area (Å²) in [6.07, 6.45) is 2.42. The first-order valence-corrected chi connectivity index (χ1v) is 3.15. The molecule has 1 N–H and O–H groups in total. The first kappa shape index (κ1) is 8.63. The van der Waals surface area contributed by atoms with E-state index in [1.165, 1.54) is 0 Å². The Hall–Kier alpha value is -0.370. The normalized spacial score (nSPS) is 13.2. The molecule has 2 nitrogen and oxygen atoms in total. The van der Waals surface area contributed by atoms with Crippen LogP contribution in [0.15, 0.2) is 0 Å². The molecule has 0 bridgehead atoms. The Morgan fingerprint density at radius 1 is 1.89 bits per heavy atom. The highest BCUT2D eigenvalue weighted by atomic mass is 35.5. The monoisotopic (exact) mass is 146 g/mol. The van der Waals surface area contributed by atoms with Crippen LogP contribution in [0.5, 0.6) is 0 Å². The topological polar surface area (TPSA) is 40.9 Å². The number of hydrogen-bond donors (Lipinski definition) is 1. The molecule has 0 heterocycles. The van der Waals surface area contributed by atoms with Crippen LogP contribution in [-0.2, 0) is 4.79 Å². The van der Waals surface area contributed by atoms with Gasteiger partial charge in [0.2, 0.25) is 0 Å².